The van der Waals surface area contributed by atoms with Crippen molar-refractivity contribution in [2.45, 2.75) is 12.6 Å². The summed E-state index contributed by atoms with van der Waals surface area (Å²) >= 11 is 1.74. The zero-order valence-corrected chi connectivity index (χ0v) is 18.4. The Labute approximate surface area is 188 Å². The molecule has 0 N–H and O–H groups in total. The molecule has 1 aliphatic heterocycles. The second-order valence-electron chi connectivity index (χ2n) is 8.05. The van der Waals surface area contributed by atoms with Gasteiger partial charge in [0.1, 0.15) is 5.01 Å². The highest BCUT2D eigenvalue weighted by molar-refractivity contribution is 7.13. The Bertz CT molecular complexity index is 1030. The van der Waals surface area contributed by atoms with Crippen LogP contribution in [0, 0.1) is 0 Å². The minimum atomic E-state index is 0.313. The van der Waals surface area contributed by atoms with Crippen molar-refractivity contribution in [3.63, 3.8) is 0 Å². The van der Waals surface area contributed by atoms with Crippen molar-refractivity contribution in [2.24, 2.45) is 0 Å². The predicted octanol–water partition coefficient (Wildman–Crippen LogP) is 5.72. The van der Waals surface area contributed by atoms with Crippen LogP contribution in [-0.2, 0) is 6.54 Å². The van der Waals surface area contributed by atoms with E-state index in [2.05, 4.69) is 106 Å². The number of hydrogen-bond donors (Lipinski definition) is 0. The zero-order chi connectivity index (χ0) is 20.9. The van der Waals surface area contributed by atoms with E-state index in [9.17, 15) is 0 Å². The molecule has 3 aromatic carbocycles. The van der Waals surface area contributed by atoms with Crippen molar-refractivity contribution in [1.29, 1.82) is 0 Å². The molecule has 0 amide bonds. The summed E-state index contributed by atoms with van der Waals surface area (Å²) in [5.74, 6) is 0. The maximum Gasteiger partial charge on any atom is 0.123 e. The molecule has 0 radical (unpaired) electrons. The van der Waals surface area contributed by atoms with Gasteiger partial charge >= 0.3 is 0 Å². The summed E-state index contributed by atoms with van der Waals surface area (Å²) in [6.07, 6.45) is 0. The van der Waals surface area contributed by atoms with E-state index in [1.165, 1.54) is 22.4 Å². The molecule has 1 aliphatic rings. The molecule has 0 atom stereocenters. The van der Waals surface area contributed by atoms with Gasteiger partial charge < -0.3 is 0 Å². The molecule has 0 bridgehead atoms. The first-order valence-electron chi connectivity index (χ1n) is 10.9. The van der Waals surface area contributed by atoms with Gasteiger partial charge in [-0.2, -0.15) is 0 Å². The number of benzene rings is 3. The third kappa shape index (κ3) is 4.77. The number of hydrogen-bond acceptors (Lipinski definition) is 4. The summed E-state index contributed by atoms with van der Waals surface area (Å²) in [6, 6.07) is 32.6. The first-order chi connectivity index (χ1) is 15.4. The van der Waals surface area contributed by atoms with E-state index in [0.29, 0.717) is 6.04 Å². The molecule has 0 saturated carbocycles. The quantitative estimate of drug-likeness (QED) is 0.394. The molecular formula is C27H27N3S. The maximum atomic E-state index is 4.89. The van der Waals surface area contributed by atoms with E-state index in [-0.39, 0.29) is 0 Å². The summed E-state index contributed by atoms with van der Waals surface area (Å²) in [6.45, 7) is 5.18. The Hall–Kier alpha value is -2.79. The molecule has 0 unspecified atom stereocenters. The van der Waals surface area contributed by atoms with E-state index in [0.717, 1.165) is 37.7 Å². The van der Waals surface area contributed by atoms with Crippen LogP contribution in [0.4, 0.5) is 0 Å². The fourth-order valence-corrected chi connectivity index (χ4v) is 5.20. The van der Waals surface area contributed by atoms with E-state index in [1.807, 2.05) is 0 Å². The molecule has 156 valence electrons. The van der Waals surface area contributed by atoms with E-state index < -0.39 is 0 Å². The van der Waals surface area contributed by atoms with Gasteiger partial charge in [-0.1, -0.05) is 91.0 Å². The van der Waals surface area contributed by atoms with Crippen LogP contribution >= 0.6 is 11.3 Å². The average molecular weight is 426 g/mol. The smallest absolute Gasteiger partial charge is 0.123 e. The van der Waals surface area contributed by atoms with Gasteiger partial charge in [-0.05, 0) is 11.1 Å². The van der Waals surface area contributed by atoms with E-state index in [1.54, 1.807) is 11.3 Å². The summed E-state index contributed by atoms with van der Waals surface area (Å²) in [5, 5.41) is 3.33. The second kappa shape index (κ2) is 9.56. The number of rotatable bonds is 6. The number of nitrogens with zero attached hydrogens (tertiary/aromatic N) is 3. The molecule has 4 heteroatoms. The summed E-state index contributed by atoms with van der Waals surface area (Å²) in [4.78, 5) is 10.0. The minimum absolute atomic E-state index is 0.313. The highest BCUT2D eigenvalue weighted by atomic mass is 32.1. The van der Waals surface area contributed by atoms with Crippen LogP contribution in [0.15, 0.2) is 96.4 Å². The molecule has 2 heterocycles. The largest absolute Gasteiger partial charge is 0.295 e. The molecular weight excluding hydrogens is 398 g/mol. The molecule has 5 rings (SSSR count). The highest BCUT2D eigenvalue weighted by Gasteiger charge is 2.26. The summed E-state index contributed by atoms with van der Waals surface area (Å²) < 4.78 is 0. The monoisotopic (exact) mass is 425 g/mol. The third-order valence-electron chi connectivity index (χ3n) is 5.96. The van der Waals surface area contributed by atoms with Crippen LogP contribution in [-0.4, -0.2) is 41.0 Å². The molecule has 0 aliphatic carbocycles. The van der Waals surface area contributed by atoms with Crippen LogP contribution in [0.5, 0.6) is 0 Å². The molecule has 4 aromatic rings. The molecule has 0 spiro atoms. The molecule has 31 heavy (non-hydrogen) atoms. The van der Waals surface area contributed by atoms with Crippen LogP contribution < -0.4 is 0 Å². The Kier molecular flexibility index (Phi) is 6.21. The van der Waals surface area contributed by atoms with Crippen molar-refractivity contribution in [2.75, 3.05) is 26.2 Å². The fourth-order valence-electron chi connectivity index (χ4n) is 4.39. The second-order valence-corrected chi connectivity index (χ2v) is 8.90. The average Bonchev–Trinajstić information content (AvgIpc) is 3.31. The van der Waals surface area contributed by atoms with Gasteiger partial charge in [0.05, 0.1) is 11.7 Å². The highest BCUT2D eigenvalue weighted by Crippen LogP contribution is 2.30. The fraction of sp³-hybridized carbons (Fsp3) is 0.222. The lowest BCUT2D eigenvalue weighted by Crippen LogP contribution is -2.47. The minimum Gasteiger partial charge on any atom is -0.295 e. The van der Waals surface area contributed by atoms with Crippen LogP contribution in [0.3, 0.4) is 0 Å². The van der Waals surface area contributed by atoms with Gasteiger partial charge in [0.15, 0.2) is 0 Å². The number of piperazine rings is 1. The van der Waals surface area contributed by atoms with E-state index in [4.69, 9.17) is 4.98 Å². The van der Waals surface area contributed by atoms with Crippen molar-refractivity contribution < 1.29 is 0 Å². The Morgan fingerprint density at radius 2 is 1.26 bits per heavy atom. The molecule has 3 nitrogen and oxygen atoms in total. The van der Waals surface area contributed by atoms with Crippen molar-refractivity contribution >= 4 is 11.3 Å². The topological polar surface area (TPSA) is 19.4 Å². The first-order valence-corrected chi connectivity index (χ1v) is 11.8. The molecule has 1 fully saturated rings. The maximum absolute atomic E-state index is 4.89. The predicted molar refractivity (Wildman–Crippen MR) is 129 cm³/mol. The standard InChI is InChI=1S/C27H27N3S/c1-4-10-22(11-5-1)26(23-12-6-2-7-13-23)30-18-16-29(17-19-30)20-25-21-31-27(28-25)24-14-8-3-9-15-24/h1-15,21,26H,16-20H2. The lowest BCUT2D eigenvalue weighted by atomic mass is 9.96. The van der Waals surface area contributed by atoms with Crippen molar-refractivity contribution in [1.82, 2.24) is 14.8 Å². The van der Waals surface area contributed by atoms with Crippen molar-refractivity contribution in [3.8, 4) is 10.6 Å². The van der Waals surface area contributed by atoms with Gasteiger partial charge in [0.2, 0.25) is 0 Å². The van der Waals surface area contributed by atoms with Gasteiger partial charge in [0, 0.05) is 43.7 Å². The zero-order valence-electron chi connectivity index (χ0n) is 17.6. The van der Waals surface area contributed by atoms with Crippen LogP contribution in [0.2, 0.25) is 0 Å². The van der Waals surface area contributed by atoms with E-state index >= 15 is 0 Å². The van der Waals surface area contributed by atoms with Gasteiger partial charge in [-0.3, -0.25) is 9.80 Å². The number of thiazole rings is 1. The summed E-state index contributed by atoms with van der Waals surface area (Å²) in [5.41, 5.74) is 5.13. The third-order valence-corrected chi connectivity index (χ3v) is 6.90. The first kappa shape index (κ1) is 20.1. The van der Waals surface area contributed by atoms with Gasteiger partial charge in [-0.15, -0.1) is 11.3 Å². The van der Waals surface area contributed by atoms with Gasteiger partial charge in [0.25, 0.3) is 0 Å². The molecule has 1 saturated heterocycles. The van der Waals surface area contributed by atoms with Crippen LogP contribution in [0.25, 0.3) is 10.6 Å². The Morgan fingerprint density at radius 3 is 1.84 bits per heavy atom. The van der Waals surface area contributed by atoms with Crippen molar-refractivity contribution in [3.05, 3.63) is 113 Å². The van der Waals surface area contributed by atoms with Gasteiger partial charge in [-0.25, -0.2) is 4.98 Å². The Morgan fingerprint density at radius 1 is 0.710 bits per heavy atom. The SMILES string of the molecule is c1ccc(-c2nc(CN3CCN(C(c4ccccc4)c4ccccc4)CC3)cs2)cc1. The summed E-state index contributed by atoms with van der Waals surface area (Å²) in [7, 11) is 0. The lowest BCUT2D eigenvalue weighted by Gasteiger charge is -2.39. The number of aromatic nitrogens is 1. The Balaban J connectivity index is 1.26. The van der Waals surface area contributed by atoms with Crippen LogP contribution in [0.1, 0.15) is 22.9 Å². The lowest BCUT2D eigenvalue weighted by molar-refractivity contribution is 0.104. The molecule has 1 aromatic heterocycles. The normalized spacial score (nSPS) is 15.4.